The summed E-state index contributed by atoms with van der Waals surface area (Å²) < 4.78 is 39.6. The fraction of sp³-hybridized carbons (Fsp3) is 0.500. The van der Waals surface area contributed by atoms with E-state index in [1.165, 1.54) is 0 Å². The van der Waals surface area contributed by atoms with Gasteiger partial charge in [0.05, 0.1) is 9.82 Å². The highest BCUT2D eigenvalue weighted by molar-refractivity contribution is 7.89. The Balaban J connectivity index is 2.98. The molecule has 1 aromatic rings. The van der Waals surface area contributed by atoms with Gasteiger partial charge in [-0.05, 0) is 18.1 Å². The molecule has 0 aliphatic heterocycles. The maximum Gasteiger partial charge on any atom is 0.306 e. The molecule has 8 heteroatoms. The Morgan fingerprint density at radius 3 is 2.45 bits per heavy atom. The zero-order valence-electron chi connectivity index (χ0n) is 11.3. The van der Waals surface area contributed by atoms with Crippen molar-refractivity contribution in [2.24, 2.45) is 5.92 Å². The van der Waals surface area contributed by atoms with Crippen molar-refractivity contribution in [3.63, 3.8) is 0 Å². The maximum atomic E-state index is 13.2. The summed E-state index contributed by atoms with van der Waals surface area (Å²) in [5.41, 5.74) is -0.851. The van der Waals surface area contributed by atoms with Crippen molar-refractivity contribution in [2.75, 3.05) is 6.54 Å². The largest absolute Gasteiger partial charge is 0.306 e. The Hall–Kier alpha value is -1.54. The van der Waals surface area contributed by atoms with E-state index < -0.39 is 26.5 Å². The summed E-state index contributed by atoms with van der Waals surface area (Å²) in [6.45, 7) is 4.15. The van der Waals surface area contributed by atoms with Crippen LogP contribution < -0.4 is 4.72 Å². The second-order valence-corrected chi connectivity index (χ2v) is 6.17. The van der Waals surface area contributed by atoms with Crippen LogP contribution in [0.5, 0.6) is 0 Å². The van der Waals surface area contributed by atoms with Crippen LogP contribution in [0.25, 0.3) is 0 Å². The molecular formula is C12H17FN2O4S. The summed E-state index contributed by atoms with van der Waals surface area (Å²) in [6, 6.07) is 2.52. The second kappa shape index (κ2) is 6.76. The van der Waals surface area contributed by atoms with E-state index in [4.69, 9.17) is 0 Å². The SMILES string of the molecule is CCC(CC)CNS(=O)(=O)c1ccc(F)c([N+](=O)[O-])c1. The van der Waals surface area contributed by atoms with Crippen molar-refractivity contribution in [1.82, 2.24) is 4.72 Å². The first kappa shape index (κ1) is 16.5. The van der Waals surface area contributed by atoms with Gasteiger partial charge in [0, 0.05) is 12.6 Å². The third kappa shape index (κ3) is 3.97. The highest BCUT2D eigenvalue weighted by atomic mass is 32.2. The molecule has 0 saturated carbocycles. The molecule has 0 aromatic heterocycles. The number of nitro groups is 1. The Labute approximate surface area is 117 Å². The van der Waals surface area contributed by atoms with Crippen LogP contribution in [0.2, 0.25) is 0 Å². The molecule has 0 heterocycles. The van der Waals surface area contributed by atoms with Crippen molar-refractivity contribution in [3.05, 3.63) is 34.1 Å². The minimum Gasteiger partial charge on any atom is -0.258 e. The molecule has 0 unspecified atom stereocenters. The average molecular weight is 304 g/mol. The molecule has 6 nitrogen and oxygen atoms in total. The molecule has 0 amide bonds. The Morgan fingerprint density at radius 2 is 1.95 bits per heavy atom. The fourth-order valence-corrected chi connectivity index (χ4v) is 2.82. The van der Waals surface area contributed by atoms with Gasteiger partial charge in [-0.3, -0.25) is 10.1 Å². The van der Waals surface area contributed by atoms with Crippen LogP contribution >= 0.6 is 0 Å². The summed E-state index contributed by atoms with van der Waals surface area (Å²) in [7, 11) is -3.87. The molecule has 0 bridgehead atoms. The fourth-order valence-electron chi connectivity index (χ4n) is 1.69. The van der Waals surface area contributed by atoms with E-state index >= 15 is 0 Å². The van der Waals surface area contributed by atoms with Crippen LogP contribution in [0.4, 0.5) is 10.1 Å². The molecule has 0 saturated heterocycles. The van der Waals surface area contributed by atoms with Crippen LogP contribution in [-0.2, 0) is 10.0 Å². The van der Waals surface area contributed by atoms with Gasteiger partial charge in [0.2, 0.25) is 15.8 Å². The summed E-state index contributed by atoms with van der Waals surface area (Å²) >= 11 is 0. The van der Waals surface area contributed by atoms with Crippen molar-refractivity contribution < 1.29 is 17.7 Å². The van der Waals surface area contributed by atoms with Gasteiger partial charge in [-0.2, -0.15) is 4.39 Å². The van der Waals surface area contributed by atoms with Gasteiger partial charge >= 0.3 is 5.69 Å². The van der Waals surface area contributed by atoms with Gasteiger partial charge in [0.15, 0.2) is 0 Å². The summed E-state index contributed by atoms with van der Waals surface area (Å²) in [6.07, 6.45) is 1.64. The standard InChI is InChI=1S/C12H17FN2O4S/c1-3-9(4-2)8-14-20(18,19)10-5-6-11(13)12(7-10)15(16)17/h5-7,9,14H,3-4,8H2,1-2H3. The quantitative estimate of drug-likeness (QED) is 0.619. The molecule has 1 aromatic carbocycles. The van der Waals surface area contributed by atoms with Gasteiger partial charge in [-0.15, -0.1) is 0 Å². The Kier molecular flexibility index (Phi) is 5.58. The monoisotopic (exact) mass is 304 g/mol. The molecule has 1 N–H and O–H groups in total. The van der Waals surface area contributed by atoms with E-state index in [0.29, 0.717) is 0 Å². The lowest BCUT2D eigenvalue weighted by atomic mass is 10.0. The number of benzene rings is 1. The first-order valence-corrected chi connectivity index (χ1v) is 7.73. The highest BCUT2D eigenvalue weighted by Gasteiger charge is 2.21. The predicted octanol–water partition coefficient (Wildman–Crippen LogP) is 2.45. The lowest BCUT2D eigenvalue weighted by molar-refractivity contribution is -0.387. The van der Waals surface area contributed by atoms with Crippen LogP contribution in [0.15, 0.2) is 23.1 Å². The number of nitrogens with zero attached hydrogens (tertiary/aromatic N) is 1. The molecule has 20 heavy (non-hydrogen) atoms. The molecule has 112 valence electrons. The van der Waals surface area contributed by atoms with E-state index in [1.54, 1.807) is 0 Å². The number of rotatable bonds is 7. The third-order valence-corrected chi connectivity index (χ3v) is 4.56. The molecule has 0 aliphatic rings. The summed E-state index contributed by atoms with van der Waals surface area (Å²) in [5, 5.41) is 10.6. The number of hydrogen-bond acceptors (Lipinski definition) is 4. The Morgan fingerprint density at radius 1 is 1.35 bits per heavy atom. The smallest absolute Gasteiger partial charge is 0.258 e. The minimum absolute atomic E-state index is 0.195. The van der Waals surface area contributed by atoms with Crippen LogP contribution in [0, 0.1) is 21.8 Å². The van der Waals surface area contributed by atoms with Gasteiger partial charge in [-0.1, -0.05) is 26.7 Å². The van der Waals surface area contributed by atoms with Gasteiger partial charge < -0.3 is 0 Å². The number of hydrogen-bond donors (Lipinski definition) is 1. The van der Waals surface area contributed by atoms with E-state index in [1.807, 2.05) is 13.8 Å². The number of sulfonamides is 1. The lowest BCUT2D eigenvalue weighted by Crippen LogP contribution is -2.29. The van der Waals surface area contributed by atoms with E-state index in [9.17, 15) is 22.9 Å². The number of nitro benzene ring substituents is 1. The molecule has 0 radical (unpaired) electrons. The van der Waals surface area contributed by atoms with E-state index in [-0.39, 0.29) is 17.4 Å². The molecule has 0 fully saturated rings. The van der Waals surface area contributed by atoms with Crippen molar-refractivity contribution in [3.8, 4) is 0 Å². The number of halogens is 1. The zero-order valence-corrected chi connectivity index (χ0v) is 12.1. The van der Waals surface area contributed by atoms with Crippen LogP contribution in [0.1, 0.15) is 26.7 Å². The van der Waals surface area contributed by atoms with Gasteiger partial charge in [0.25, 0.3) is 0 Å². The zero-order chi connectivity index (χ0) is 15.3. The highest BCUT2D eigenvalue weighted by Crippen LogP contribution is 2.21. The Bertz CT molecular complexity index is 585. The molecule has 0 aliphatic carbocycles. The maximum absolute atomic E-state index is 13.2. The molecule has 0 spiro atoms. The van der Waals surface area contributed by atoms with E-state index in [0.717, 1.165) is 31.0 Å². The van der Waals surface area contributed by atoms with Gasteiger partial charge in [-0.25, -0.2) is 13.1 Å². The first-order chi connectivity index (χ1) is 9.31. The van der Waals surface area contributed by atoms with E-state index in [2.05, 4.69) is 4.72 Å². The average Bonchev–Trinajstić information content (AvgIpc) is 2.39. The van der Waals surface area contributed by atoms with Crippen molar-refractivity contribution in [2.45, 2.75) is 31.6 Å². The summed E-state index contributed by atoms with van der Waals surface area (Å²) in [4.78, 5) is 9.35. The number of nitrogens with one attached hydrogen (secondary N) is 1. The predicted molar refractivity (Wildman–Crippen MR) is 72.3 cm³/mol. The molecule has 0 atom stereocenters. The van der Waals surface area contributed by atoms with Crippen molar-refractivity contribution in [1.29, 1.82) is 0 Å². The normalized spacial score (nSPS) is 11.8. The molecule has 1 rings (SSSR count). The van der Waals surface area contributed by atoms with Crippen LogP contribution in [-0.4, -0.2) is 19.9 Å². The minimum atomic E-state index is -3.87. The topological polar surface area (TPSA) is 89.3 Å². The first-order valence-electron chi connectivity index (χ1n) is 6.25. The summed E-state index contributed by atoms with van der Waals surface area (Å²) in [5.74, 6) is -0.867. The van der Waals surface area contributed by atoms with Gasteiger partial charge in [0.1, 0.15) is 0 Å². The second-order valence-electron chi connectivity index (χ2n) is 4.40. The van der Waals surface area contributed by atoms with Crippen LogP contribution in [0.3, 0.4) is 0 Å². The third-order valence-electron chi connectivity index (χ3n) is 3.14. The van der Waals surface area contributed by atoms with Crippen molar-refractivity contribution >= 4 is 15.7 Å². The molecular weight excluding hydrogens is 287 g/mol. The lowest BCUT2D eigenvalue weighted by Gasteiger charge is -2.13.